The summed E-state index contributed by atoms with van der Waals surface area (Å²) in [6.45, 7) is 7.20. The SMILES string of the molecule is Cc1c(CN(C)C(=O)/C=C/c2cnc3c(c2)CC[C@H](NC(=O)OC(C)(C)C)C(=O)N3)oc2cccc(F)c12. The Balaban J connectivity index is 1.40. The maximum absolute atomic E-state index is 14.2. The van der Waals surface area contributed by atoms with E-state index in [0.29, 0.717) is 46.5 Å². The van der Waals surface area contributed by atoms with E-state index in [4.69, 9.17) is 9.15 Å². The molecule has 0 radical (unpaired) electrons. The first-order valence-corrected chi connectivity index (χ1v) is 12.3. The molecule has 0 aliphatic carbocycles. The fraction of sp³-hybridized carbons (Fsp3) is 0.357. The van der Waals surface area contributed by atoms with Gasteiger partial charge in [-0.25, -0.2) is 14.2 Å². The van der Waals surface area contributed by atoms with Crippen LogP contribution in [0, 0.1) is 12.7 Å². The third-order valence-electron chi connectivity index (χ3n) is 6.12. The molecule has 0 unspecified atom stereocenters. The van der Waals surface area contributed by atoms with Gasteiger partial charge in [-0.1, -0.05) is 6.07 Å². The molecule has 3 amide bonds. The lowest BCUT2D eigenvalue weighted by Crippen LogP contribution is -2.45. The van der Waals surface area contributed by atoms with Crippen molar-refractivity contribution in [3.63, 3.8) is 0 Å². The molecule has 1 aliphatic heterocycles. The topological polar surface area (TPSA) is 114 Å². The Morgan fingerprint density at radius 3 is 2.82 bits per heavy atom. The Kier molecular flexibility index (Phi) is 7.52. The number of furan rings is 1. The van der Waals surface area contributed by atoms with E-state index in [-0.39, 0.29) is 24.2 Å². The molecule has 0 fully saturated rings. The minimum Gasteiger partial charge on any atom is -0.459 e. The predicted molar refractivity (Wildman–Crippen MR) is 141 cm³/mol. The first-order chi connectivity index (χ1) is 17.9. The van der Waals surface area contributed by atoms with Crippen LogP contribution in [0.25, 0.3) is 17.0 Å². The number of nitrogens with one attached hydrogen (secondary N) is 2. The van der Waals surface area contributed by atoms with E-state index < -0.39 is 17.7 Å². The number of fused-ring (bicyclic) bond motifs is 2. The number of benzene rings is 1. The summed E-state index contributed by atoms with van der Waals surface area (Å²) in [6, 6.07) is 5.74. The maximum Gasteiger partial charge on any atom is 0.408 e. The molecule has 1 aliphatic rings. The second-order valence-electron chi connectivity index (χ2n) is 10.3. The smallest absolute Gasteiger partial charge is 0.408 e. The van der Waals surface area contributed by atoms with Gasteiger partial charge in [0.15, 0.2) is 0 Å². The van der Waals surface area contributed by atoms with Gasteiger partial charge in [0, 0.05) is 24.9 Å². The van der Waals surface area contributed by atoms with Crippen LogP contribution in [-0.4, -0.2) is 46.5 Å². The van der Waals surface area contributed by atoms with Crippen LogP contribution in [-0.2, 0) is 27.3 Å². The third-order valence-corrected chi connectivity index (χ3v) is 6.12. The van der Waals surface area contributed by atoms with Crippen molar-refractivity contribution in [3.8, 4) is 0 Å². The number of aryl methyl sites for hydroxylation is 2. The molecule has 1 atom stereocenters. The number of likely N-dealkylation sites (N-methyl/N-ethyl adjacent to an activating group) is 1. The number of aromatic nitrogens is 1. The first-order valence-electron chi connectivity index (χ1n) is 12.3. The fourth-order valence-corrected chi connectivity index (χ4v) is 4.19. The summed E-state index contributed by atoms with van der Waals surface area (Å²) in [5.74, 6) is -0.0658. The molecular weight excluding hydrogens is 491 g/mol. The van der Waals surface area contributed by atoms with Gasteiger partial charge < -0.3 is 24.7 Å². The normalized spacial score (nSPS) is 15.6. The van der Waals surface area contributed by atoms with E-state index in [1.54, 1.807) is 59.1 Å². The molecule has 0 saturated carbocycles. The zero-order valence-corrected chi connectivity index (χ0v) is 22.1. The van der Waals surface area contributed by atoms with E-state index in [2.05, 4.69) is 15.6 Å². The van der Waals surface area contributed by atoms with Crippen molar-refractivity contribution in [1.29, 1.82) is 0 Å². The molecule has 3 heterocycles. The number of pyridine rings is 1. The van der Waals surface area contributed by atoms with Gasteiger partial charge in [-0.3, -0.25) is 9.59 Å². The lowest BCUT2D eigenvalue weighted by Gasteiger charge is -2.22. The average Bonchev–Trinajstić information content (AvgIpc) is 3.06. The highest BCUT2D eigenvalue weighted by Gasteiger charge is 2.28. The van der Waals surface area contributed by atoms with Crippen molar-refractivity contribution < 1.29 is 27.9 Å². The Hall–Kier alpha value is -4.21. The van der Waals surface area contributed by atoms with Crippen molar-refractivity contribution in [2.45, 2.75) is 58.7 Å². The number of hydrogen-bond acceptors (Lipinski definition) is 6. The highest BCUT2D eigenvalue weighted by molar-refractivity contribution is 5.97. The molecule has 2 aromatic heterocycles. The van der Waals surface area contributed by atoms with Crippen LogP contribution < -0.4 is 10.6 Å². The highest BCUT2D eigenvalue weighted by Crippen LogP contribution is 2.28. The summed E-state index contributed by atoms with van der Waals surface area (Å²) in [7, 11) is 1.64. The quantitative estimate of drug-likeness (QED) is 0.469. The summed E-state index contributed by atoms with van der Waals surface area (Å²) in [5, 5.41) is 5.77. The largest absolute Gasteiger partial charge is 0.459 e. The highest BCUT2D eigenvalue weighted by atomic mass is 19.1. The number of ether oxygens (including phenoxy) is 1. The number of carbonyl (C=O) groups is 3. The van der Waals surface area contributed by atoms with Crippen LogP contribution in [0.4, 0.5) is 15.0 Å². The second kappa shape index (κ2) is 10.6. The third kappa shape index (κ3) is 6.19. The molecule has 0 saturated heterocycles. The summed E-state index contributed by atoms with van der Waals surface area (Å²) < 4.78 is 25.2. The van der Waals surface area contributed by atoms with Crippen LogP contribution in [0.15, 0.2) is 41.0 Å². The zero-order chi connectivity index (χ0) is 27.6. The van der Waals surface area contributed by atoms with Crippen LogP contribution in [0.2, 0.25) is 0 Å². The van der Waals surface area contributed by atoms with Crippen LogP contribution in [0.3, 0.4) is 0 Å². The molecule has 9 nitrogen and oxygen atoms in total. The lowest BCUT2D eigenvalue weighted by atomic mass is 10.1. The standard InChI is InChI=1S/C28H31FN4O5/c1-16-22(37-21-8-6-7-19(29)24(16)21)15-33(5)23(34)12-9-17-13-18-10-11-20(26(35)32-25(18)30-14-17)31-27(36)38-28(2,3)4/h6-9,12-14,20H,10-11,15H2,1-5H3,(H,31,36)(H,30,32,35)/b12-9+/t20-/m0/s1. The molecule has 200 valence electrons. The summed E-state index contributed by atoms with van der Waals surface area (Å²) in [4.78, 5) is 43.3. The van der Waals surface area contributed by atoms with Gasteiger partial charge in [0.2, 0.25) is 11.8 Å². The van der Waals surface area contributed by atoms with Crippen LogP contribution >= 0.6 is 0 Å². The van der Waals surface area contributed by atoms with Gasteiger partial charge in [-0.15, -0.1) is 0 Å². The monoisotopic (exact) mass is 522 g/mol. The number of amides is 3. The van der Waals surface area contributed by atoms with Crippen molar-refractivity contribution in [2.24, 2.45) is 0 Å². The zero-order valence-electron chi connectivity index (χ0n) is 22.1. The van der Waals surface area contributed by atoms with Crippen molar-refractivity contribution in [3.05, 3.63) is 64.8 Å². The number of halogens is 1. The molecule has 38 heavy (non-hydrogen) atoms. The number of carbonyl (C=O) groups excluding carboxylic acids is 3. The molecule has 0 spiro atoms. The average molecular weight is 523 g/mol. The number of hydrogen-bond donors (Lipinski definition) is 2. The van der Waals surface area contributed by atoms with Gasteiger partial charge in [0.25, 0.3) is 0 Å². The van der Waals surface area contributed by atoms with Crippen molar-refractivity contribution in [1.82, 2.24) is 15.2 Å². The van der Waals surface area contributed by atoms with Crippen LogP contribution in [0.1, 0.15) is 49.6 Å². The molecule has 4 rings (SSSR count). The van der Waals surface area contributed by atoms with E-state index in [1.807, 2.05) is 6.07 Å². The van der Waals surface area contributed by atoms with E-state index in [9.17, 15) is 18.8 Å². The lowest BCUT2D eigenvalue weighted by molar-refractivity contribution is -0.125. The van der Waals surface area contributed by atoms with E-state index in [0.717, 1.165) is 5.56 Å². The van der Waals surface area contributed by atoms with Gasteiger partial charge in [-0.05, 0) is 75.9 Å². The fourth-order valence-electron chi connectivity index (χ4n) is 4.19. The van der Waals surface area contributed by atoms with E-state index >= 15 is 0 Å². The minimum absolute atomic E-state index is 0.184. The van der Waals surface area contributed by atoms with Gasteiger partial charge >= 0.3 is 6.09 Å². The molecule has 2 N–H and O–H groups in total. The van der Waals surface area contributed by atoms with Gasteiger partial charge in [0.05, 0.1) is 11.9 Å². The predicted octanol–water partition coefficient (Wildman–Crippen LogP) is 4.73. The molecule has 1 aromatic carbocycles. The van der Waals surface area contributed by atoms with Gasteiger partial charge in [-0.2, -0.15) is 0 Å². The summed E-state index contributed by atoms with van der Waals surface area (Å²) >= 11 is 0. The van der Waals surface area contributed by atoms with Crippen LogP contribution in [0.5, 0.6) is 0 Å². The summed E-state index contributed by atoms with van der Waals surface area (Å²) in [5.41, 5.74) is 1.90. The second-order valence-corrected chi connectivity index (χ2v) is 10.3. The molecule has 3 aromatic rings. The first kappa shape index (κ1) is 26.8. The number of anilines is 1. The van der Waals surface area contributed by atoms with E-state index in [1.165, 1.54) is 17.0 Å². The Bertz CT molecular complexity index is 1420. The summed E-state index contributed by atoms with van der Waals surface area (Å²) in [6.07, 6.45) is 4.80. The Morgan fingerprint density at radius 2 is 2.11 bits per heavy atom. The Morgan fingerprint density at radius 1 is 1.34 bits per heavy atom. The Labute approximate surface area is 220 Å². The minimum atomic E-state index is -0.761. The van der Waals surface area contributed by atoms with Gasteiger partial charge in [0.1, 0.15) is 34.6 Å². The number of nitrogens with zero attached hydrogens (tertiary/aromatic N) is 2. The molecule has 10 heteroatoms. The van der Waals surface area contributed by atoms with Crippen molar-refractivity contribution >= 4 is 40.8 Å². The number of alkyl carbamates (subject to hydrolysis) is 1. The maximum atomic E-state index is 14.2. The number of rotatable bonds is 5. The van der Waals surface area contributed by atoms with Crippen molar-refractivity contribution in [2.75, 3.05) is 12.4 Å². The molecule has 0 bridgehead atoms. The molecular formula is C28H31FN4O5.